The molecule has 0 spiro atoms. The van der Waals surface area contributed by atoms with E-state index in [0.29, 0.717) is 17.8 Å². The van der Waals surface area contributed by atoms with Crippen LogP contribution in [0.15, 0.2) is 24.3 Å². The molecule has 0 aliphatic carbocycles. The highest BCUT2D eigenvalue weighted by molar-refractivity contribution is 5.93. The number of rotatable bonds is 7. The summed E-state index contributed by atoms with van der Waals surface area (Å²) in [7, 11) is 2.97. The molecule has 0 atom stereocenters. The molecule has 0 saturated heterocycles. The monoisotopic (exact) mass is 294 g/mol. The summed E-state index contributed by atoms with van der Waals surface area (Å²) in [6.45, 7) is 0.385. The SMILES string of the molecule is COC(=O)c1ccc(NC(=O)CN(C)CCC(=O)O)cc1. The number of amides is 1. The van der Waals surface area contributed by atoms with Gasteiger partial charge in [-0.25, -0.2) is 4.79 Å². The number of benzene rings is 1. The van der Waals surface area contributed by atoms with Crippen molar-refractivity contribution in [1.82, 2.24) is 4.90 Å². The second-order valence-electron chi connectivity index (χ2n) is 4.50. The van der Waals surface area contributed by atoms with Gasteiger partial charge in [-0.1, -0.05) is 0 Å². The van der Waals surface area contributed by atoms with E-state index in [1.165, 1.54) is 7.11 Å². The zero-order valence-corrected chi connectivity index (χ0v) is 12.0. The van der Waals surface area contributed by atoms with Crippen LogP contribution < -0.4 is 5.32 Å². The van der Waals surface area contributed by atoms with Crippen LogP contribution in [0.3, 0.4) is 0 Å². The van der Waals surface area contributed by atoms with Gasteiger partial charge in [0.2, 0.25) is 5.91 Å². The van der Waals surface area contributed by atoms with Crippen molar-refractivity contribution >= 4 is 23.5 Å². The van der Waals surface area contributed by atoms with Crippen molar-refractivity contribution in [2.24, 2.45) is 0 Å². The number of nitrogens with one attached hydrogen (secondary N) is 1. The fraction of sp³-hybridized carbons (Fsp3) is 0.357. The minimum Gasteiger partial charge on any atom is -0.481 e. The molecule has 0 aliphatic heterocycles. The molecule has 21 heavy (non-hydrogen) atoms. The van der Waals surface area contributed by atoms with Gasteiger partial charge in [-0.2, -0.15) is 0 Å². The minimum atomic E-state index is -0.902. The Hall–Kier alpha value is -2.41. The molecule has 0 bridgehead atoms. The summed E-state index contributed by atoms with van der Waals surface area (Å²) < 4.78 is 4.58. The number of carboxylic acids is 1. The highest BCUT2D eigenvalue weighted by atomic mass is 16.5. The van der Waals surface area contributed by atoms with Gasteiger partial charge in [0.25, 0.3) is 0 Å². The standard InChI is InChI=1S/C14H18N2O5/c1-16(8-7-13(18)19)9-12(17)15-11-5-3-10(4-6-11)14(20)21-2/h3-6H,7-9H2,1-2H3,(H,15,17)(H,18,19). The average molecular weight is 294 g/mol. The van der Waals surface area contributed by atoms with Gasteiger partial charge in [0.15, 0.2) is 0 Å². The van der Waals surface area contributed by atoms with Crippen LogP contribution in [0.1, 0.15) is 16.8 Å². The molecule has 0 saturated carbocycles. The number of nitrogens with zero attached hydrogens (tertiary/aromatic N) is 1. The molecule has 1 aromatic rings. The second kappa shape index (κ2) is 8.01. The molecule has 0 aliphatic rings. The van der Waals surface area contributed by atoms with E-state index in [0.717, 1.165) is 0 Å². The molecule has 0 radical (unpaired) electrons. The molecule has 7 heteroatoms. The van der Waals surface area contributed by atoms with E-state index < -0.39 is 11.9 Å². The van der Waals surface area contributed by atoms with Crippen molar-refractivity contribution in [2.45, 2.75) is 6.42 Å². The van der Waals surface area contributed by atoms with Crippen LogP contribution in [0.25, 0.3) is 0 Å². The molecule has 7 nitrogen and oxygen atoms in total. The fourth-order valence-electron chi connectivity index (χ4n) is 1.62. The third-order valence-corrected chi connectivity index (χ3v) is 2.71. The summed E-state index contributed by atoms with van der Waals surface area (Å²) in [4.78, 5) is 35.1. The molecule has 0 heterocycles. The van der Waals surface area contributed by atoms with Gasteiger partial charge in [-0.15, -0.1) is 0 Å². The summed E-state index contributed by atoms with van der Waals surface area (Å²) in [5, 5.41) is 11.2. The Morgan fingerprint density at radius 1 is 1.24 bits per heavy atom. The number of anilines is 1. The Kier molecular flexibility index (Phi) is 6.35. The maximum absolute atomic E-state index is 11.8. The van der Waals surface area contributed by atoms with E-state index in [9.17, 15) is 14.4 Å². The minimum absolute atomic E-state index is 0.0163. The smallest absolute Gasteiger partial charge is 0.337 e. The van der Waals surface area contributed by atoms with Crippen molar-refractivity contribution < 1.29 is 24.2 Å². The van der Waals surface area contributed by atoms with Crippen molar-refractivity contribution in [3.63, 3.8) is 0 Å². The predicted molar refractivity (Wildman–Crippen MR) is 76.2 cm³/mol. The molecular formula is C14H18N2O5. The number of methoxy groups -OCH3 is 1. The van der Waals surface area contributed by atoms with E-state index in [1.54, 1.807) is 36.2 Å². The largest absolute Gasteiger partial charge is 0.481 e. The first-order chi connectivity index (χ1) is 9.92. The molecular weight excluding hydrogens is 276 g/mol. The number of esters is 1. The van der Waals surface area contributed by atoms with Gasteiger partial charge in [-0.3, -0.25) is 14.5 Å². The molecule has 1 aromatic carbocycles. The number of carbonyl (C=O) groups is 3. The van der Waals surface area contributed by atoms with Gasteiger partial charge >= 0.3 is 11.9 Å². The van der Waals surface area contributed by atoms with E-state index in [-0.39, 0.29) is 18.9 Å². The molecule has 114 valence electrons. The van der Waals surface area contributed by atoms with Crippen LogP contribution in [-0.2, 0) is 14.3 Å². The molecule has 2 N–H and O–H groups in total. The first-order valence-electron chi connectivity index (χ1n) is 6.31. The van der Waals surface area contributed by atoms with E-state index in [4.69, 9.17) is 5.11 Å². The summed E-state index contributed by atoms with van der Waals surface area (Å²) in [5.74, 6) is -1.60. The van der Waals surface area contributed by atoms with Crippen molar-refractivity contribution in [2.75, 3.05) is 32.6 Å². The van der Waals surface area contributed by atoms with Gasteiger partial charge in [0, 0.05) is 12.2 Å². The predicted octanol–water partition coefficient (Wildman–Crippen LogP) is 0.818. The Bertz CT molecular complexity index is 513. The topological polar surface area (TPSA) is 95.9 Å². The first kappa shape index (κ1) is 16.6. The van der Waals surface area contributed by atoms with Crippen molar-refractivity contribution in [3.05, 3.63) is 29.8 Å². The number of ether oxygens (including phenoxy) is 1. The van der Waals surface area contributed by atoms with Gasteiger partial charge in [-0.05, 0) is 31.3 Å². The number of carbonyl (C=O) groups excluding carboxylic acids is 2. The molecule has 1 amide bonds. The highest BCUT2D eigenvalue weighted by Gasteiger charge is 2.09. The number of likely N-dealkylation sites (N-methyl/N-ethyl adjacent to an activating group) is 1. The number of hydrogen-bond acceptors (Lipinski definition) is 5. The van der Waals surface area contributed by atoms with Crippen molar-refractivity contribution in [1.29, 1.82) is 0 Å². The highest BCUT2D eigenvalue weighted by Crippen LogP contribution is 2.10. The zero-order valence-electron chi connectivity index (χ0n) is 12.0. The lowest BCUT2D eigenvalue weighted by Gasteiger charge is -2.15. The van der Waals surface area contributed by atoms with Crippen LogP contribution in [-0.4, -0.2) is 55.1 Å². The van der Waals surface area contributed by atoms with Crippen LogP contribution in [0.2, 0.25) is 0 Å². The quantitative estimate of drug-likeness (QED) is 0.723. The Morgan fingerprint density at radius 3 is 2.38 bits per heavy atom. The van der Waals surface area contributed by atoms with E-state index >= 15 is 0 Å². The number of hydrogen-bond donors (Lipinski definition) is 2. The Labute approximate surface area is 122 Å². The average Bonchev–Trinajstić information content (AvgIpc) is 2.45. The first-order valence-corrected chi connectivity index (χ1v) is 6.31. The number of aliphatic carboxylic acids is 1. The van der Waals surface area contributed by atoms with Gasteiger partial charge < -0.3 is 15.2 Å². The van der Waals surface area contributed by atoms with Crippen molar-refractivity contribution in [3.8, 4) is 0 Å². The fourth-order valence-corrected chi connectivity index (χ4v) is 1.62. The maximum atomic E-state index is 11.8. The van der Waals surface area contributed by atoms with E-state index in [2.05, 4.69) is 10.1 Å². The maximum Gasteiger partial charge on any atom is 0.337 e. The Morgan fingerprint density at radius 2 is 1.86 bits per heavy atom. The third kappa shape index (κ3) is 6.05. The summed E-state index contributed by atoms with van der Waals surface area (Å²) in [6, 6.07) is 6.30. The normalized spacial score (nSPS) is 10.2. The second-order valence-corrected chi connectivity index (χ2v) is 4.50. The lowest BCUT2D eigenvalue weighted by molar-refractivity contribution is -0.137. The summed E-state index contributed by atoms with van der Waals surface area (Å²) in [6.07, 6.45) is -0.0163. The summed E-state index contributed by atoms with van der Waals surface area (Å²) >= 11 is 0. The lowest BCUT2D eigenvalue weighted by Crippen LogP contribution is -2.31. The molecule has 0 unspecified atom stereocenters. The van der Waals surface area contributed by atoms with Crippen LogP contribution in [0.5, 0.6) is 0 Å². The van der Waals surface area contributed by atoms with Crippen LogP contribution in [0.4, 0.5) is 5.69 Å². The molecule has 0 fully saturated rings. The Balaban J connectivity index is 2.47. The zero-order chi connectivity index (χ0) is 15.8. The van der Waals surface area contributed by atoms with Gasteiger partial charge in [0.05, 0.1) is 25.6 Å². The molecule has 1 rings (SSSR count). The van der Waals surface area contributed by atoms with E-state index in [1.807, 2.05) is 0 Å². The molecule has 0 aromatic heterocycles. The van der Waals surface area contributed by atoms with Gasteiger partial charge in [0.1, 0.15) is 0 Å². The third-order valence-electron chi connectivity index (χ3n) is 2.71. The van der Waals surface area contributed by atoms with Crippen LogP contribution in [0, 0.1) is 0 Å². The lowest BCUT2D eigenvalue weighted by atomic mass is 10.2. The number of carboxylic acid groups (broad SMARTS) is 1. The summed E-state index contributed by atoms with van der Waals surface area (Å²) in [5.41, 5.74) is 0.952. The van der Waals surface area contributed by atoms with Crippen LogP contribution >= 0.6 is 0 Å².